The predicted molar refractivity (Wildman–Crippen MR) is 167 cm³/mol. The van der Waals surface area contributed by atoms with Gasteiger partial charge in [0, 0.05) is 28.7 Å². The number of nitrogens with zero attached hydrogens (tertiary/aromatic N) is 2. The summed E-state index contributed by atoms with van der Waals surface area (Å²) in [6, 6.07) is 14.2. The van der Waals surface area contributed by atoms with Crippen molar-refractivity contribution in [1.29, 1.82) is 0 Å². The Morgan fingerprint density at radius 3 is 2.07 bits per heavy atom. The van der Waals surface area contributed by atoms with E-state index in [0.717, 1.165) is 4.31 Å². The number of sulfonamides is 1. The van der Waals surface area contributed by atoms with Crippen molar-refractivity contribution < 1.29 is 32.2 Å². The van der Waals surface area contributed by atoms with Crippen LogP contribution in [0.5, 0.6) is 17.2 Å². The molecule has 0 heterocycles. The zero-order valence-corrected chi connectivity index (χ0v) is 27.1. The Kier molecular flexibility index (Phi) is 11.5. The minimum atomic E-state index is -4.44. The maximum absolute atomic E-state index is 14.3. The maximum atomic E-state index is 14.3. The fourth-order valence-corrected chi connectivity index (χ4v) is 6.11. The summed E-state index contributed by atoms with van der Waals surface area (Å²) in [5.41, 5.74) is 0.680. The fraction of sp³-hybridized carbons (Fsp3) is 0.333. The lowest BCUT2D eigenvalue weighted by Crippen LogP contribution is -2.52. The molecule has 0 radical (unpaired) electrons. The molecule has 2 amide bonds. The van der Waals surface area contributed by atoms with Crippen molar-refractivity contribution in [3.8, 4) is 17.2 Å². The molecule has 3 aromatic carbocycles. The van der Waals surface area contributed by atoms with Crippen molar-refractivity contribution in [3.63, 3.8) is 0 Å². The van der Waals surface area contributed by atoms with E-state index in [4.69, 9.17) is 37.4 Å². The van der Waals surface area contributed by atoms with Crippen molar-refractivity contribution in [2.24, 2.45) is 0 Å². The van der Waals surface area contributed by atoms with Crippen LogP contribution in [0.1, 0.15) is 26.3 Å². The van der Waals surface area contributed by atoms with Crippen LogP contribution in [-0.4, -0.2) is 65.1 Å². The van der Waals surface area contributed by atoms with Crippen LogP contribution in [0, 0.1) is 0 Å². The number of halogens is 2. The lowest BCUT2D eigenvalue weighted by molar-refractivity contribution is -0.139. The van der Waals surface area contributed by atoms with Gasteiger partial charge in [-0.15, -0.1) is 0 Å². The Bertz CT molecular complexity index is 1570. The van der Waals surface area contributed by atoms with Gasteiger partial charge in [-0.05, 0) is 68.8 Å². The van der Waals surface area contributed by atoms with Crippen LogP contribution in [0.15, 0.2) is 65.6 Å². The number of hydrogen-bond donors (Lipinski definition) is 1. The van der Waals surface area contributed by atoms with Gasteiger partial charge in [-0.2, -0.15) is 0 Å². The molecule has 0 aliphatic heterocycles. The highest BCUT2D eigenvalue weighted by Crippen LogP contribution is 2.37. The Hall–Kier alpha value is -3.67. The molecule has 0 aromatic heterocycles. The van der Waals surface area contributed by atoms with Crippen LogP contribution in [0.3, 0.4) is 0 Å². The van der Waals surface area contributed by atoms with E-state index in [1.165, 1.54) is 62.6 Å². The minimum Gasteiger partial charge on any atom is -0.495 e. The molecule has 0 aliphatic carbocycles. The molecule has 0 aliphatic rings. The molecule has 43 heavy (non-hydrogen) atoms. The number of benzene rings is 3. The van der Waals surface area contributed by atoms with Crippen LogP contribution < -0.4 is 23.8 Å². The van der Waals surface area contributed by atoms with Gasteiger partial charge in [0.05, 0.1) is 31.9 Å². The topological polar surface area (TPSA) is 114 Å². The summed E-state index contributed by atoms with van der Waals surface area (Å²) >= 11 is 12.5. The first-order valence-electron chi connectivity index (χ1n) is 13.2. The molecule has 0 spiro atoms. The zero-order chi connectivity index (χ0) is 31.9. The van der Waals surface area contributed by atoms with Crippen LogP contribution in [-0.2, 0) is 26.2 Å². The number of ether oxygens (including phenoxy) is 3. The smallest absolute Gasteiger partial charge is 0.265 e. The maximum Gasteiger partial charge on any atom is 0.265 e. The molecule has 1 atom stereocenters. The third kappa shape index (κ3) is 8.25. The SMILES string of the molecule is COc1ccc(S(=O)(=O)N(CC(=O)N(Cc2cccc(Cl)c2)C(C)C(=O)NC(C)C)c2cc(Cl)ccc2OC)cc1OC. The van der Waals surface area contributed by atoms with Gasteiger partial charge in [-0.3, -0.25) is 13.9 Å². The van der Waals surface area contributed by atoms with Crippen molar-refractivity contribution in [1.82, 2.24) is 10.2 Å². The number of anilines is 1. The summed E-state index contributed by atoms with van der Waals surface area (Å²) in [5, 5.41) is 3.48. The second-order valence-corrected chi connectivity index (χ2v) is 12.6. The van der Waals surface area contributed by atoms with Gasteiger partial charge in [0.2, 0.25) is 11.8 Å². The normalized spacial score (nSPS) is 11.9. The van der Waals surface area contributed by atoms with E-state index >= 15 is 0 Å². The molecule has 10 nitrogen and oxygen atoms in total. The number of rotatable bonds is 13. The quantitative estimate of drug-likeness (QED) is 0.272. The average molecular weight is 653 g/mol. The van der Waals surface area contributed by atoms with Crippen molar-refractivity contribution in [2.45, 2.75) is 44.3 Å². The summed E-state index contributed by atoms with van der Waals surface area (Å²) in [7, 11) is -0.258. The van der Waals surface area contributed by atoms with Gasteiger partial charge in [0.1, 0.15) is 18.3 Å². The summed E-state index contributed by atoms with van der Waals surface area (Å²) in [6.45, 7) is 4.48. The van der Waals surface area contributed by atoms with Gasteiger partial charge < -0.3 is 24.4 Å². The lowest BCUT2D eigenvalue weighted by atomic mass is 10.1. The standard InChI is InChI=1S/C30H35Cl2N3O7S/c1-19(2)33-30(37)20(3)34(17-21-8-7-9-22(31)14-21)29(36)18-35(25-15-23(32)10-12-26(25)40-4)43(38,39)24-11-13-27(41-5)28(16-24)42-6/h7-16,19-20H,17-18H2,1-6H3,(H,33,37). The average Bonchev–Trinajstić information content (AvgIpc) is 2.97. The summed E-state index contributed by atoms with van der Waals surface area (Å²) in [6.07, 6.45) is 0. The number of amides is 2. The van der Waals surface area contributed by atoms with Crippen LogP contribution in [0.2, 0.25) is 10.0 Å². The number of nitrogens with one attached hydrogen (secondary N) is 1. The van der Waals surface area contributed by atoms with E-state index in [1.54, 1.807) is 45.0 Å². The summed E-state index contributed by atoms with van der Waals surface area (Å²) in [5.74, 6) is -0.401. The van der Waals surface area contributed by atoms with E-state index in [0.29, 0.717) is 16.3 Å². The highest BCUT2D eigenvalue weighted by molar-refractivity contribution is 7.92. The van der Waals surface area contributed by atoms with E-state index < -0.39 is 34.4 Å². The molecule has 0 bridgehead atoms. The zero-order valence-electron chi connectivity index (χ0n) is 24.8. The second-order valence-electron chi connectivity index (χ2n) is 9.84. The molecular formula is C30H35Cl2N3O7S. The Balaban J connectivity index is 2.15. The Morgan fingerprint density at radius 2 is 1.47 bits per heavy atom. The molecule has 13 heteroatoms. The molecule has 3 rings (SSSR count). The first-order chi connectivity index (χ1) is 20.3. The summed E-state index contributed by atoms with van der Waals surface area (Å²) in [4.78, 5) is 28.3. The first-order valence-corrected chi connectivity index (χ1v) is 15.4. The van der Waals surface area contributed by atoms with Gasteiger partial charge >= 0.3 is 0 Å². The van der Waals surface area contributed by atoms with Crippen LogP contribution >= 0.6 is 23.2 Å². The minimum absolute atomic E-state index is 0.0109. The number of carbonyl (C=O) groups is 2. The molecular weight excluding hydrogens is 617 g/mol. The number of methoxy groups -OCH3 is 3. The molecule has 1 unspecified atom stereocenters. The van der Waals surface area contributed by atoms with E-state index in [2.05, 4.69) is 5.32 Å². The number of carbonyl (C=O) groups excluding carboxylic acids is 2. The molecule has 0 saturated heterocycles. The second kappa shape index (κ2) is 14.7. The molecule has 0 saturated carbocycles. The monoisotopic (exact) mass is 651 g/mol. The highest BCUT2D eigenvalue weighted by atomic mass is 35.5. The fourth-order valence-electron chi connectivity index (χ4n) is 4.30. The Morgan fingerprint density at radius 1 is 0.837 bits per heavy atom. The van der Waals surface area contributed by atoms with Gasteiger partial charge in [0.15, 0.2) is 11.5 Å². The first kappa shape index (κ1) is 33.8. The van der Waals surface area contributed by atoms with Crippen LogP contribution in [0.4, 0.5) is 5.69 Å². The predicted octanol–water partition coefficient (Wildman–Crippen LogP) is 5.16. The van der Waals surface area contributed by atoms with E-state index in [1.807, 2.05) is 0 Å². The largest absolute Gasteiger partial charge is 0.495 e. The van der Waals surface area contributed by atoms with Crippen LogP contribution in [0.25, 0.3) is 0 Å². The summed E-state index contributed by atoms with van der Waals surface area (Å²) < 4.78 is 45.5. The van der Waals surface area contributed by atoms with Gasteiger partial charge in [0.25, 0.3) is 10.0 Å². The third-order valence-corrected chi connectivity index (χ3v) is 8.70. The molecule has 232 valence electrons. The van der Waals surface area contributed by atoms with Gasteiger partial charge in [-0.25, -0.2) is 8.42 Å². The van der Waals surface area contributed by atoms with Crippen molar-refractivity contribution in [3.05, 3.63) is 76.3 Å². The number of hydrogen-bond acceptors (Lipinski definition) is 7. The lowest BCUT2D eigenvalue weighted by Gasteiger charge is -2.32. The molecule has 1 N–H and O–H groups in total. The van der Waals surface area contributed by atoms with Crippen molar-refractivity contribution >= 4 is 50.7 Å². The Labute approximate surface area is 262 Å². The molecule has 3 aromatic rings. The van der Waals surface area contributed by atoms with Gasteiger partial charge in [-0.1, -0.05) is 35.3 Å². The third-order valence-electron chi connectivity index (χ3n) is 6.47. The van der Waals surface area contributed by atoms with Crippen molar-refractivity contribution in [2.75, 3.05) is 32.2 Å². The molecule has 0 fully saturated rings. The highest BCUT2D eigenvalue weighted by Gasteiger charge is 2.34. The van der Waals surface area contributed by atoms with E-state index in [9.17, 15) is 18.0 Å². The van der Waals surface area contributed by atoms with E-state index in [-0.39, 0.29) is 39.7 Å².